The molecule has 5 N–H and O–H groups in total. The fourth-order valence-electron chi connectivity index (χ4n) is 2.29. The van der Waals surface area contributed by atoms with Crippen LogP contribution < -0.4 is 11.1 Å². The van der Waals surface area contributed by atoms with Crippen molar-refractivity contribution in [2.24, 2.45) is 5.92 Å². The molecule has 0 radical (unpaired) electrons. The number of ether oxygens (including phenoxy) is 1. The van der Waals surface area contributed by atoms with Crippen LogP contribution >= 0.6 is 11.8 Å². The lowest BCUT2D eigenvalue weighted by Crippen LogP contribution is -2.31. The minimum atomic E-state index is -0.349. The summed E-state index contributed by atoms with van der Waals surface area (Å²) < 4.78 is 5.04. The van der Waals surface area contributed by atoms with Crippen LogP contribution in [0.25, 0.3) is 11.0 Å². The van der Waals surface area contributed by atoms with E-state index < -0.39 is 0 Å². The van der Waals surface area contributed by atoms with Crippen LogP contribution in [0.5, 0.6) is 0 Å². The minimum absolute atomic E-state index is 0.196. The molecule has 2 rings (SSSR count). The van der Waals surface area contributed by atoms with Crippen molar-refractivity contribution < 1.29 is 9.84 Å². The Labute approximate surface area is 140 Å². The molecule has 0 spiro atoms. The molecule has 0 saturated carbocycles. The Morgan fingerprint density at radius 3 is 3.04 bits per heavy atom. The van der Waals surface area contributed by atoms with Gasteiger partial charge >= 0.3 is 0 Å². The fraction of sp³-hybridized carbons (Fsp3) is 0.600. The third-order valence-corrected chi connectivity index (χ3v) is 4.86. The van der Waals surface area contributed by atoms with Gasteiger partial charge < -0.3 is 25.9 Å². The standard InChI is InChI=1S/C15H25N5O2S/c1-10(21)12(8-23-4-3-22-2)6-17-5-11-7-18-14-13(11)19-9-20-15(14)16/h7,9-10,12,17-18,21H,3-6,8H2,1-2H3,(H2,16,19,20). The van der Waals surface area contributed by atoms with E-state index in [2.05, 4.69) is 20.3 Å². The highest BCUT2D eigenvalue weighted by Crippen LogP contribution is 2.19. The molecule has 8 heteroatoms. The number of methoxy groups -OCH3 is 1. The molecule has 0 aliphatic rings. The number of rotatable bonds is 10. The Hall–Kier alpha value is -1.35. The highest BCUT2D eigenvalue weighted by molar-refractivity contribution is 7.99. The summed E-state index contributed by atoms with van der Waals surface area (Å²) in [4.78, 5) is 11.4. The van der Waals surface area contributed by atoms with E-state index in [9.17, 15) is 5.11 Å². The molecule has 0 amide bonds. The number of nitrogens with zero attached hydrogens (tertiary/aromatic N) is 2. The van der Waals surface area contributed by atoms with E-state index in [0.717, 1.165) is 41.3 Å². The zero-order valence-electron chi connectivity index (χ0n) is 13.6. The van der Waals surface area contributed by atoms with Crippen LogP contribution in [0.2, 0.25) is 0 Å². The van der Waals surface area contributed by atoms with Crippen molar-refractivity contribution in [2.45, 2.75) is 19.6 Å². The summed E-state index contributed by atoms with van der Waals surface area (Å²) in [6.45, 7) is 3.98. The number of fused-ring (bicyclic) bond motifs is 1. The second kappa shape index (κ2) is 9.07. The van der Waals surface area contributed by atoms with Crippen LogP contribution in [0.1, 0.15) is 12.5 Å². The van der Waals surface area contributed by atoms with Gasteiger partial charge in [0.25, 0.3) is 0 Å². The lowest BCUT2D eigenvalue weighted by atomic mass is 10.1. The van der Waals surface area contributed by atoms with Gasteiger partial charge in [-0.1, -0.05) is 0 Å². The van der Waals surface area contributed by atoms with E-state index in [1.807, 2.05) is 13.1 Å². The summed E-state index contributed by atoms with van der Waals surface area (Å²) in [5, 5.41) is 13.3. The number of hydrogen-bond donors (Lipinski definition) is 4. The first-order valence-electron chi connectivity index (χ1n) is 7.65. The predicted molar refractivity (Wildman–Crippen MR) is 94.4 cm³/mol. The smallest absolute Gasteiger partial charge is 0.151 e. The number of aromatic nitrogens is 3. The number of H-pyrrole nitrogens is 1. The first-order valence-corrected chi connectivity index (χ1v) is 8.80. The molecule has 0 aliphatic heterocycles. The maximum absolute atomic E-state index is 9.91. The van der Waals surface area contributed by atoms with Gasteiger partial charge in [-0.15, -0.1) is 0 Å². The van der Waals surface area contributed by atoms with Gasteiger partial charge in [0.2, 0.25) is 0 Å². The minimum Gasteiger partial charge on any atom is -0.393 e. The molecule has 23 heavy (non-hydrogen) atoms. The highest BCUT2D eigenvalue weighted by Gasteiger charge is 2.15. The largest absolute Gasteiger partial charge is 0.393 e. The molecule has 128 valence electrons. The molecule has 2 aromatic rings. The van der Waals surface area contributed by atoms with Crippen LogP contribution in [-0.2, 0) is 11.3 Å². The van der Waals surface area contributed by atoms with Crippen molar-refractivity contribution in [3.63, 3.8) is 0 Å². The van der Waals surface area contributed by atoms with E-state index in [4.69, 9.17) is 10.5 Å². The number of aromatic amines is 1. The number of nitrogen functional groups attached to an aromatic ring is 1. The summed E-state index contributed by atoms with van der Waals surface area (Å²) >= 11 is 1.80. The number of thioether (sulfide) groups is 1. The summed E-state index contributed by atoms with van der Waals surface area (Å²) in [7, 11) is 1.70. The molecule has 0 aliphatic carbocycles. The zero-order chi connectivity index (χ0) is 16.7. The molecular weight excluding hydrogens is 314 g/mol. The first-order chi connectivity index (χ1) is 11.1. The molecule has 0 aromatic carbocycles. The number of nitrogens with two attached hydrogens (primary N) is 1. The van der Waals surface area contributed by atoms with E-state index in [0.29, 0.717) is 12.4 Å². The maximum atomic E-state index is 9.91. The third-order valence-electron chi connectivity index (χ3n) is 3.74. The zero-order valence-corrected chi connectivity index (χ0v) is 14.4. The van der Waals surface area contributed by atoms with Gasteiger partial charge in [-0.25, -0.2) is 9.97 Å². The first kappa shape index (κ1) is 18.0. The van der Waals surface area contributed by atoms with Crippen LogP contribution in [0, 0.1) is 5.92 Å². The number of aliphatic hydroxyl groups is 1. The number of aliphatic hydroxyl groups excluding tert-OH is 1. The van der Waals surface area contributed by atoms with Crippen LogP contribution in [0.15, 0.2) is 12.5 Å². The lowest BCUT2D eigenvalue weighted by Gasteiger charge is -2.20. The van der Waals surface area contributed by atoms with Crippen LogP contribution in [0.3, 0.4) is 0 Å². The quantitative estimate of drug-likeness (QED) is 0.478. The molecule has 2 unspecified atom stereocenters. The van der Waals surface area contributed by atoms with Gasteiger partial charge in [-0.3, -0.25) is 0 Å². The number of hydrogen-bond acceptors (Lipinski definition) is 7. The molecule has 2 aromatic heterocycles. The average Bonchev–Trinajstić information content (AvgIpc) is 2.94. The van der Waals surface area contributed by atoms with Gasteiger partial charge in [0.15, 0.2) is 5.82 Å². The summed E-state index contributed by atoms with van der Waals surface area (Å²) in [5.41, 5.74) is 8.47. The van der Waals surface area contributed by atoms with Crippen LogP contribution in [-0.4, -0.2) is 57.9 Å². The Kier molecular flexibility index (Phi) is 7.10. The van der Waals surface area contributed by atoms with Crippen molar-refractivity contribution in [1.82, 2.24) is 20.3 Å². The van der Waals surface area contributed by atoms with E-state index >= 15 is 0 Å². The predicted octanol–water partition coefficient (Wildman–Crippen LogP) is 1.01. The van der Waals surface area contributed by atoms with Gasteiger partial charge in [0, 0.05) is 43.6 Å². The summed E-state index contributed by atoms with van der Waals surface area (Å²) in [5.74, 6) is 2.49. The Bertz CT molecular complexity index is 605. The van der Waals surface area contributed by atoms with Crippen LogP contribution in [0.4, 0.5) is 5.82 Å². The van der Waals surface area contributed by atoms with Crippen molar-refractivity contribution in [3.8, 4) is 0 Å². The molecule has 0 saturated heterocycles. The summed E-state index contributed by atoms with van der Waals surface area (Å²) in [6.07, 6.45) is 3.02. The average molecular weight is 339 g/mol. The normalized spacial score (nSPS) is 14.2. The molecule has 2 heterocycles. The summed E-state index contributed by atoms with van der Waals surface area (Å²) in [6, 6.07) is 0. The molecule has 7 nitrogen and oxygen atoms in total. The SMILES string of the molecule is COCCSCC(CNCc1c[nH]c2c(N)ncnc12)C(C)O. The van der Waals surface area contributed by atoms with Crippen molar-refractivity contribution in [1.29, 1.82) is 0 Å². The molecule has 0 fully saturated rings. The maximum Gasteiger partial charge on any atom is 0.151 e. The van der Waals surface area contributed by atoms with Gasteiger partial charge in [-0.05, 0) is 12.7 Å². The van der Waals surface area contributed by atoms with E-state index in [-0.39, 0.29) is 12.0 Å². The fourth-order valence-corrected chi connectivity index (χ4v) is 3.44. The molecule has 2 atom stereocenters. The van der Waals surface area contributed by atoms with Gasteiger partial charge in [-0.2, -0.15) is 11.8 Å². The van der Waals surface area contributed by atoms with Crippen molar-refractivity contribution >= 4 is 28.6 Å². The lowest BCUT2D eigenvalue weighted by molar-refractivity contribution is 0.136. The van der Waals surface area contributed by atoms with E-state index in [1.165, 1.54) is 6.33 Å². The molecule has 0 bridgehead atoms. The second-order valence-electron chi connectivity index (χ2n) is 5.50. The van der Waals surface area contributed by atoms with Gasteiger partial charge in [0.05, 0.1) is 18.2 Å². The number of nitrogens with one attached hydrogen (secondary N) is 2. The van der Waals surface area contributed by atoms with Crippen molar-refractivity contribution in [3.05, 3.63) is 18.1 Å². The Balaban J connectivity index is 1.85. The van der Waals surface area contributed by atoms with Gasteiger partial charge in [0.1, 0.15) is 11.8 Å². The topological polar surface area (TPSA) is 109 Å². The Morgan fingerprint density at radius 2 is 2.30 bits per heavy atom. The Morgan fingerprint density at radius 1 is 1.48 bits per heavy atom. The molecular formula is C15H25N5O2S. The van der Waals surface area contributed by atoms with E-state index in [1.54, 1.807) is 18.9 Å². The second-order valence-corrected chi connectivity index (χ2v) is 6.65. The van der Waals surface area contributed by atoms with Crippen molar-refractivity contribution in [2.75, 3.05) is 37.5 Å². The highest BCUT2D eigenvalue weighted by atomic mass is 32.2. The monoisotopic (exact) mass is 339 g/mol. The number of anilines is 1. The third kappa shape index (κ3) is 5.07.